The van der Waals surface area contributed by atoms with Crippen molar-refractivity contribution in [2.24, 2.45) is 0 Å². The molecule has 1 heterocycles. The number of carbonyl (C=O) groups excluding carboxylic acids is 1. The molecule has 0 saturated carbocycles. The normalized spacial score (nSPS) is 11.5. The number of aromatic nitrogens is 1. The second kappa shape index (κ2) is 11.3. The van der Waals surface area contributed by atoms with Crippen molar-refractivity contribution in [1.82, 2.24) is 9.88 Å². The molecule has 8 nitrogen and oxygen atoms in total. The molecule has 3 rings (SSSR count). The van der Waals surface area contributed by atoms with Gasteiger partial charge in [0, 0.05) is 36.4 Å². The number of nitrogens with zero attached hydrogens (tertiary/aromatic N) is 3. The third-order valence-corrected chi connectivity index (χ3v) is 5.26. The van der Waals surface area contributed by atoms with Crippen molar-refractivity contribution in [3.05, 3.63) is 93.3 Å². The summed E-state index contributed by atoms with van der Waals surface area (Å²) in [5, 5.41) is 15.4. The number of nitro groups is 1. The van der Waals surface area contributed by atoms with E-state index in [-0.39, 0.29) is 23.2 Å². The Morgan fingerprint density at radius 1 is 1.21 bits per heavy atom. The fourth-order valence-corrected chi connectivity index (χ4v) is 3.35. The maximum Gasteiger partial charge on any atom is 0.293 e. The van der Waals surface area contributed by atoms with Gasteiger partial charge in [-0.1, -0.05) is 17.7 Å². The number of nitro benzene ring substituents is 1. The average Bonchev–Trinajstić information content (AvgIpc) is 2.83. The van der Waals surface area contributed by atoms with Crippen molar-refractivity contribution in [2.45, 2.75) is 19.4 Å². The van der Waals surface area contributed by atoms with E-state index in [1.807, 2.05) is 19.1 Å². The lowest BCUT2D eigenvalue weighted by Crippen LogP contribution is -2.28. The summed E-state index contributed by atoms with van der Waals surface area (Å²) >= 11 is 5.85. The average molecular weight is 469 g/mol. The summed E-state index contributed by atoms with van der Waals surface area (Å²) in [6.07, 6.45) is 2.27. The number of amides is 1. The van der Waals surface area contributed by atoms with E-state index in [4.69, 9.17) is 16.3 Å². The van der Waals surface area contributed by atoms with Gasteiger partial charge in [0.05, 0.1) is 23.3 Å². The second-order valence-electron chi connectivity index (χ2n) is 7.49. The summed E-state index contributed by atoms with van der Waals surface area (Å²) in [7, 11) is 1.66. The summed E-state index contributed by atoms with van der Waals surface area (Å²) in [5.74, 6) is 0.404. The monoisotopic (exact) mass is 468 g/mol. The van der Waals surface area contributed by atoms with E-state index in [0.29, 0.717) is 36.0 Å². The molecule has 0 fully saturated rings. The molecule has 0 aliphatic heterocycles. The lowest BCUT2D eigenvalue weighted by molar-refractivity contribution is -0.384. The van der Waals surface area contributed by atoms with Gasteiger partial charge in [-0.05, 0) is 61.9 Å². The Labute approximate surface area is 197 Å². The molecular weight excluding hydrogens is 444 g/mol. The molecule has 33 heavy (non-hydrogen) atoms. The van der Waals surface area contributed by atoms with Crippen LogP contribution in [0.4, 0.5) is 11.4 Å². The maximum atomic E-state index is 12.8. The summed E-state index contributed by atoms with van der Waals surface area (Å²) in [5.41, 5.74) is 1.17. The van der Waals surface area contributed by atoms with Crippen molar-refractivity contribution in [1.29, 1.82) is 0 Å². The molecule has 1 N–H and O–H groups in total. The molecule has 0 spiro atoms. The highest BCUT2D eigenvalue weighted by Crippen LogP contribution is 2.29. The Bertz CT molecular complexity index is 1090. The maximum absolute atomic E-state index is 12.8. The minimum Gasteiger partial charge on any atom is -0.494 e. The third-order valence-electron chi connectivity index (χ3n) is 5.01. The molecule has 1 amide bonds. The first-order chi connectivity index (χ1) is 15.8. The summed E-state index contributed by atoms with van der Waals surface area (Å²) in [6.45, 7) is 2.73. The third kappa shape index (κ3) is 6.66. The van der Waals surface area contributed by atoms with Crippen LogP contribution in [-0.4, -0.2) is 40.9 Å². The van der Waals surface area contributed by atoms with Crippen LogP contribution >= 0.6 is 11.6 Å². The zero-order valence-electron chi connectivity index (χ0n) is 18.4. The fraction of sp³-hybridized carbons (Fsp3) is 0.250. The highest BCUT2D eigenvalue weighted by molar-refractivity contribution is 6.30. The van der Waals surface area contributed by atoms with Crippen LogP contribution in [-0.2, 0) is 0 Å². The number of nitrogens with one attached hydrogen (secondary N) is 1. The highest BCUT2D eigenvalue weighted by Gasteiger charge is 2.21. The van der Waals surface area contributed by atoms with E-state index < -0.39 is 4.92 Å². The van der Waals surface area contributed by atoms with Gasteiger partial charge in [0.1, 0.15) is 11.4 Å². The van der Waals surface area contributed by atoms with Crippen molar-refractivity contribution in [3.63, 3.8) is 0 Å². The van der Waals surface area contributed by atoms with Crippen LogP contribution in [0.25, 0.3) is 0 Å². The number of ether oxygens (including phenoxy) is 1. The number of pyridine rings is 1. The van der Waals surface area contributed by atoms with Crippen LogP contribution in [0.2, 0.25) is 5.02 Å². The molecule has 1 unspecified atom stereocenters. The molecular formula is C24H25ClN4O4. The van der Waals surface area contributed by atoms with Crippen molar-refractivity contribution >= 4 is 28.9 Å². The molecule has 0 radical (unpaired) electrons. The molecule has 0 saturated heterocycles. The minimum atomic E-state index is -0.496. The van der Waals surface area contributed by atoms with Gasteiger partial charge in [-0.15, -0.1) is 0 Å². The Kier molecular flexibility index (Phi) is 8.21. The smallest absolute Gasteiger partial charge is 0.293 e. The number of benzene rings is 2. The summed E-state index contributed by atoms with van der Waals surface area (Å²) in [4.78, 5) is 29.7. The van der Waals surface area contributed by atoms with Crippen molar-refractivity contribution in [2.75, 3.05) is 25.5 Å². The van der Waals surface area contributed by atoms with Gasteiger partial charge >= 0.3 is 0 Å². The fourth-order valence-electron chi connectivity index (χ4n) is 3.22. The SMILES string of the molecule is CC(Nc1ccc(C(=O)N(C)CCCOc2ccc(Cl)cc2)cc1[N+](=O)[O-])c1ccccn1. The Balaban J connectivity index is 1.60. The zero-order chi connectivity index (χ0) is 23.8. The van der Waals surface area contributed by atoms with Crippen LogP contribution in [0, 0.1) is 10.1 Å². The minimum absolute atomic E-state index is 0.164. The number of hydrogen-bond acceptors (Lipinski definition) is 6. The summed E-state index contributed by atoms with van der Waals surface area (Å²) < 4.78 is 5.64. The first-order valence-electron chi connectivity index (χ1n) is 10.4. The number of anilines is 1. The molecule has 0 aliphatic rings. The molecule has 3 aromatic rings. The predicted octanol–water partition coefficient (Wildman–Crippen LogP) is 5.36. The van der Waals surface area contributed by atoms with Crippen LogP contribution in [0.5, 0.6) is 5.75 Å². The van der Waals surface area contributed by atoms with E-state index in [9.17, 15) is 14.9 Å². The van der Waals surface area contributed by atoms with Crippen LogP contribution in [0.3, 0.4) is 0 Å². The number of carbonyl (C=O) groups is 1. The lowest BCUT2D eigenvalue weighted by Gasteiger charge is -2.18. The quantitative estimate of drug-likeness (QED) is 0.244. The van der Waals surface area contributed by atoms with Gasteiger partial charge in [-0.25, -0.2) is 0 Å². The molecule has 1 aromatic heterocycles. The van der Waals surface area contributed by atoms with E-state index >= 15 is 0 Å². The van der Waals surface area contributed by atoms with Gasteiger partial charge in [-0.3, -0.25) is 19.9 Å². The largest absolute Gasteiger partial charge is 0.494 e. The van der Waals surface area contributed by atoms with E-state index in [1.54, 1.807) is 55.7 Å². The van der Waals surface area contributed by atoms with E-state index in [1.165, 1.54) is 11.0 Å². The van der Waals surface area contributed by atoms with Gasteiger partial charge in [0.15, 0.2) is 0 Å². The van der Waals surface area contributed by atoms with Crippen molar-refractivity contribution in [3.8, 4) is 5.75 Å². The number of hydrogen-bond donors (Lipinski definition) is 1. The molecule has 2 aromatic carbocycles. The van der Waals surface area contributed by atoms with Gasteiger partial charge < -0.3 is 15.0 Å². The number of rotatable bonds is 10. The highest BCUT2D eigenvalue weighted by atomic mass is 35.5. The van der Waals surface area contributed by atoms with Crippen molar-refractivity contribution < 1.29 is 14.5 Å². The Morgan fingerprint density at radius 3 is 2.64 bits per heavy atom. The van der Waals surface area contributed by atoms with Crippen LogP contribution < -0.4 is 10.1 Å². The molecule has 1 atom stereocenters. The predicted molar refractivity (Wildman–Crippen MR) is 128 cm³/mol. The van der Waals surface area contributed by atoms with Crippen LogP contribution in [0.15, 0.2) is 66.9 Å². The standard InChI is InChI=1S/C24H25ClN4O4/c1-17(21-6-3-4-13-26-21)27-22-12-7-18(16-23(22)29(31)32)24(30)28(2)14-5-15-33-20-10-8-19(25)9-11-20/h3-4,6-13,16-17,27H,5,14-15H2,1-2H3. The summed E-state index contributed by atoms with van der Waals surface area (Å²) in [6, 6.07) is 16.8. The molecule has 9 heteroatoms. The van der Waals surface area contributed by atoms with E-state index in [2.05, 4.69) is 10.3 Å². The molecule has 0 bridgehead atoms. The Hall–Kier alpha value is -3.65. The van der Waals surface area contributed by atoms with Gasteiger partial charge in [0.2, 0.25) is 0 Å². The van der Waals surface area contributed by atoms with Crippen LogP contribution in [0.1, 0.15) is 35.4 Å². The number of halogens is 1. The topological polar surface area (TPSA) is 97.6 Å². The molecule has 172 valence electrons. The first-order valence-corrected chi connectivity index (χ1v) is 10.8. The lowest BCUT2D eigenvalue weighted by atomic mass is 10.1. The second-order valence-corrected chi connectivity index (χ2v) is 7.93. The van der Waals surface area contributed by atoms with E-state index in [0.717, 1.165) is 5.69 Å². The first kappa shape index (κ1) is 24.0. The van der Waals surface area contributed by atoms with Gasteiger partial charge in [-0.2, -0.15) is 0 Å². The Morgan fingerprint density at radius 2 is 1.97 bits per heavy atom. The molecule has 0 aliphatic carbocycles. The van der Waals surface area contributed by atoms with Gasteiger partial charge in [0.25, 0.3) is 11.6 Å². The zero-order valence-corrected chi connectivity index (χ0v) is 19.2.